The Morgan fingerprint density at radius 1 is 1.21 bits per heavy atom. The number of piperidine rings is 1. The number of halogens is 4. The quantitative estimate of drug-likeness (QED) is 0.520. The van der Waals surface area contributed by atoms with Crippen molar-refractivity contribution in [1.82, 2.24) is 20.4 Å². The van der Waals surface area contributed by atoms with Crippen molar-refractivity contribution < 1.29 is 18.0 Å². The van der Waals surface area contributed by atoms with E-state index in [-0.39, 0.29) is 16.6 Å². The summed E-state index contributed by atoms with van der Waals surface area (Å²) in [4.78, 5) is 13.1. The Labute approximate surface area is 194 Å². The highest BCUT2D eigenvalue weighted by Gasteiger charge is 2.33. The summed E-state index contributed by atoms with van der Waals surface area (Å²) >= 11 is 6.11. The molecule has 1 aliphatic heterocycles. The van der Waals surface area contributed by atoms with Crippen LogP contribution in [-0.2, 0) is 13.2 Å². The predicted octanol–water partition coefficient (Wildman–Crippen LogP) is 5.37. The molecule has 1 aromatic heterocycles. The van der Waals surface area contributed by atoms with Crippen LogP contribution in [0.15, 0.2) is 54.9 Å². The van der Waals surface area contributed by atoms with Crippen LogP contribution in [0.25, 0.3) is 11.1 Å². The van der Waals surface area contributed by atoms with Gasteiger partial charge in [0.2, 0.25) is 0 Å². The lowest BCUT2D eigenvalue weighted by molar-refractivity contribution is -0.137. The Balaban J connectivity index is 1.67. The van der Waals surface area contributed by atoms with Crippen LogP contribution in [0.5, 0.6) is 0 Å². The molecule has 0 unspecified atom stereocenters. The Kier molecular flexibility index (Phi) is 6.76. The van der Waals surface area contributed by atoms with Crippen LogP contribution in [0.4, 0.5) is 13.2 Å². The first-order chi connectivity index (χ1) is 15.7. The molecule has 2 N–H and O–H groups in total. The summed E-state index contributed by atoms with van der Waals surface area (Å²) in [6.07, 6.45) is 1.95. The number of alkyl halides is 3. The van der Waals surface area contributed by atoms with E-state index >= 15 is 0 Å². The van der Waals surface area contributed by atoms with E-state index in [0.29, 0.717) is 0 Å². The first-order valence-electron chi connectivity index (χ1n) is 10.7. The Hall–Kier alpha value is -2.84. The highest BCUT2D eigenvalue weighted by molar-refractivity contribution is 6.33. The largest absolute Gasteiger partial charge is 0.416 e. The van der Waals surface area contributed by atoms with Crippen LogP contribution in [0.3, 0.4) is 0 Å². The number of carbonyl (C=O) groups is 1. The van der Waals surface area contributed by atoms with Crippen molar-refractivity contribution >= 4 is 17.5 Å². The van der Waals surface area contributed by atoms with E-state index in [0.717, 1.165) is 60.7 Å². The molecule has 0 aliphatic carbocycles. The smallest absolute Gasteiger partial charge is 0.344 e. The minimum absolute atomic E-state index is 0.0278. The summed E-state index contributed by atoms with van der Waals surface area (Å²) in [6, 6.07) is 10.0. The van der Waals surface area contributed by atoms with Crippen LogP contribution >= 0.6 is 11.6 Å². The van der Waals surface area contributed by atoms with E-state index < -0.39 is 23.7 Å². The first-order valence-corrected chi connectivity index (χ1v) is 11.1. The van der Waals surface area contributed by atoms with Crippen LogP contribution in [0.2, 0.25) is 5.02 Å². The van der Waals surface area contributed by atoms with Crippen molar-refractivity contribution in [2.45, 2.75) is 37.5 Å². The van der Waals surface area contributed by atoms with E-state index in [1.54, 1.807) is 10.9 Å². The lowest BCUT2D eigenvalue weighted by Gasteiger charge is -2.32. The zero-order chi connectivity index (χ0) is 23.6. The highest BCUT2D eigenvalue weighted by Crippen LogP contribution is 2.33. The monoisotopic (exact) mass is 476 g/mol. The topological polar surface area (TPSA) is 59.0 Å². The molecule has 2 atom stereocenters. The second-order valence-corrected chi connectivity index (χ2v) is 8.64. The van der Waals surface area contributed by atoms with E-state index in [4.69, 9.17) is 11.6 Å². The molecule has 33 heavy (non-hydrogen) atoms. The molecule has 5 nitrogen and oxygen atoms in total. The lowest BCUT2D eigenvalue weighted by Crippen LogP contribution is -2.46. The maximum Gasteiger partial charge on any atom is 0.416 e. The molecule has 1 amide bonds. The lowest BCUT2D eigenvalue weighted by atomic mass is 9.90. The predicted molar refractivity (Wildman–Crippen MR) is 121 cm³/mol. The second kappa shape index (κ2) is 9.57. The molecular formula is C24H24ClF3N4O. The number of benzene rings is 2. The van der Waals surface area contributed by atoms with Gasteiger partial charge in [0, 0.05) is 24.8 Å². The van der Waals surface area contributed by atoms with Crippen LogP contribution in [-0.4, -0.2) is 28.3 Å². The van der Waals surface area contributed by atoms with E-state index in [1.807, 2.05) is 37.5 Å². The Morgan fingerprint density at radius 3 is 2.70 bits per heavy atom. The normalized spacial score (nSPS) is 17.5. The van der Waals surface area contributed by atoms with Gasteiger partial charge in [0.15, 0.2) is 0 Å². The van der Waals surface area contributed by atoms with Crippen LogP contribution in [0, 0.1) is 0 Å². The van der Waals surface area contributed by atoms with Crippen molar-refractivity contribution in [1.29, 1.82) is 0 Å². The van der Waals surface area contributed by atoms with Crippen molar-refractivity contribution in [2.75, 3.05) is 6.54 Å². The third-order valence-electron chi connectivity index (χ3n) is 5.86. The maximum absolute atomic E-state index is 13.2. The number of nitrogens with one attached hydrogen (secondary N) is 2. The molecule has 9 heteroatoms. The Bertz CT molecular complexity index is 1140. The van der Waals surface area contributed by atoms with E-state index in [2.05, 4.69) is 15.7 Å². The summed E-state index contributed by atoms with van der Waals surface area (Å²) in [5.41, 5.74) is 1.61. The molecule has 174 valence electrons. The fourth-order valence-electron chi connectivity index (χ4n) is 4.16. The van der Waals surface area contributed by atoms with Gasteiger partial charge in [-0.2, -0.15) is 18.3 Å². The fourth-order valence-corrected chi connectivity index (χ4v) is 4.36. The number of nitrogens with zero attached hydrogens (tertiary/aromatic N) is 2. The summed E-state index contributed by atoms with van der Waals surface area (Å²) in [5, 5.41) is 10.6. The number of carbonyl (C=O) groups excluding carboxylic acids is 1. The third-order valence-corrected chi connectivity index (χ3v) is 6.19. The molecule has 0 radical (unpaired) electrons. The van der Waals surface area contributed by atoms with Gasteiger partial charge in [-0.15, -0.1) is 0 Å². The molecule has 1 fully saturated rings. The van der Waals surface area contributed by atoms with Gasteiger partial charge in [0.05, 0.1) is 28.4 Å². The summed E-state index contributed by atoms with van der Waals surface area (Å²) in [5.74, 6) is -0.643. The Morgan fingerprint density at radius 2 is 2.03 bits per heavy atom. The number of amides is 1. The molecule has 3 aromatic rings. The van der Waals surface area contributed by atoms with Gasteiger partial charge < -0.3 is 10.6 Å². The van der Waals surface area contributed by atoms with Crippen molar-refractivity contribution in [3.05, 3.63) is 76.6 Å². The minimum atomic E-state index is -4.57. The van der Waals surface area contributed by atoms with Gasteiger partial charge in [-0.25, -0.2) is 0 Å². The number of aryl methyl sites for hydroxylation is 1. The first kappa shape index (κ1) is 23.3. The molecule has 0 bridgehead atoms. The zero-order valence-corrected chi connectivity index (χ0v) is 18.7. The maximum atomic E-state index is 13.2. The third kappa shape index (κ3) is 5.39. The summed E-state index contributed by atoms with van der Waals surface area (Å²) in [7, 11) is 1.83. The molecule has 1 saturated heterocycles. The standard InChI is InChI=1S/C24H24ClF3N4O/c1-32-14-17(13-30-32)15-5-4-6-16(11-15)22(21-7-2-3-10-29-21)31-23(33)19-12-18(24(26,27)28)8-9-20(19)25/h4-6,8-9,11-14,21-22,29H,2-3,7,10H2,1H3,(H,31,33)/t21-,22-/m0/s1. The molecule has 2 aromatic carbocycles. The molecule has 2 heterocycles. The van der Waals surface area contributed by atoms with Gasteiger partial charge in [-0.3, -0.25) is 9.48 Å². The molecule has 4 rings (SSSR count). The van der Waals surface area contributed by atoms with E-state index in [9.17, 15) is 18.0 Å². The zero-order valence-electron chi connectivity index (χ0n) is 18.0. The van der Waals surface area contributed by atoms with Gasteiger partial charge in [-0.1, -0.05) is 36.2 Å². The van der Waals surface area contributed by atoms with Crippen molar-refractivity contribution in [3.8, 4) is 11.1 Å². The molecule has 1 aliphatic rings. The summed E-state index contributed by atoms with van der Waals surface area (Å²) in [6.45, 7) is 0.809. The average Bonchev–Trinajstić information content (AvgIpc) is 3.24. The summed E-state index contributed by atoms with van der Waals surface area (Å²) < 4.78 is 41.3. The number of hydrogen-bond acceptors (Lipinski definition) is 3. The molecule has 0 saturated carbocycles. The average molecular weight is 477 g/mol. The van der Waals surface area contributed by atoms with Crippen molar-refractivity contribution in [2.24, 2.45) is 7.05 Å². The number of hydrogen-bond donors (Lipinski definition) is 2. The van der Waals surface area contributed by atoms with Crippen molar-refractivity contribution in [3.63, 3.8) is 0 Å². The van der Waals surface area contributed by atoms with Gasteiger partial charge in [0.25, 0.3) is 5.91 Å². The van der Waals surface area contributed by atoms with Crippen LogP contribution in [0.1, 0.15) is 46.8 Å². The van der Waals surface area contributed by atoms with Gasteiger partial charge in [-0.05, 0) is 54.8 Å². The number of rotatable bonds is 5. The SMILES string of the molecule is Cn1cc(-c2cccc([C@H](NC(=O)c3cc(C(F)(F)F)ccc3Cl)[C@@H]3CCCCN3)c2)cn1. The van der Waals surface area contributed by atoms with Gasteiger partial charge >= 0.3 is 6.18 Å². The second-order valence-electron chi connectivity index (χ2n) is 8.23. The van der Waals surface area contributed by atoms with Crippen LogP contribution < -0.4 is 10.6 Å². The van der Waals surface area contributed by atoms with E-state index in [1.165, 1.54) is 0 Å². The van der Waals surface area contributed by atoms with Gasteiger partial charge in [0.1, 0.15) is 0 Å². The minimum Gasteiger partial charge on any atom is -0.344 e. The fraction of sp³-hybridized carbons (Fsp3) is 0.333. The number of aromatic nitrogens is 2. The highest BCUT2D eigenvalue weighted by atomic mass is 35.5. The molecular weight excluding hydrogens is 453 g/mol. The molecule has 0 spiro atoms.